The number of carbonyl (C=O) groups excluding carboxylic acids is 1. The second-order valence-electron chi connectivity index (χ2n) is 5.81. The topological polar surface area (TPSA) is 29.5 Å². The second kappa shape index (κ2) is 8.79. The van der Waals surface area contributed by atoms with Crippen molar-refractivity contribution in [3.63, 3.8) is 0 Å². The summed E-state index contributed by atoms with van der Waals surface area (Å²) in [5, 5.41) is 0. The average Bonchev–Trinajstić information content (AvgIpc) is 2.91. The lowest BCUT2D eigenvalue weighted by Crippen LogP contribution is -2.27. The van der Waals surface area contributed by atoms with E-state index in [1.54, 1.807) is 18.2 Å². The van der Waals surface area contributed by atoms with Gasteiger partial charge in [-0.3, -0.25) is 9.69 Å². The van der Waals surface area contributed by atoms with Crippen LogP contribution in [0, 0.1) is 0 Å². The van der Waals surface area contributed by atoms with Crippen molar-refractivity contribution in [3.8, 4) is 5.75 Å². The number of hydrogen-bond acceptors (Lipinski definition) is 4. The molecule has 29 heavy (non-hydrogen) atoms. The lowest BCUT2D eigenvalue weighted by atomic mass is 10.1. The van der Waals surface area contributed by atoms with Gasteiger partial charge in [-0.2, -0.15) is 13.2 Å². The Kier molecular flexibility index (Phi) is 6.77. The van der Waals surface area contributed by atoms with E-state index < -0.39 is 17.6 Å². The zero-order valence-electron chi connectivity index (χ0n) is 14.7. The number of nitrogens with zero attached hydrogens (tertiary/aromatic N) is 1. The molecule has 2 aromatic rings. The Labute approximate surface area is 191 Å². The molecule has 0 unspecified atom stereocenters. The van der Waals surface area contributed by atoms with E-state index in [0.29, 0.717) is 31.8 Å². The first-order chi connectivity index (χ1) is 13.6. The smallest absolute Gasteiger partial charge is 0.416 e. The number of anilines is 1. The number of alkyl halides is 3. The summed E-state index contributed by atoms with van der Waals surface area (Å²) in [6.07, 6.45) is -2.87. The van der Waals surface area contributed by atoms with Gasteiger partial charge in [0.2, 0.25) is 0 Å². The third-order valence-corrected chi connectivity index (χ3v) is 6.31. The molecule has 0 aromatic heterocycles. The van der Waals surface area contributed by atoms with E-state index in [1.165, 1.54) is 12.1 Å². The van der Waals surface area contributed by atoms with Crippen LogP contribution in [-0.4, -0.2) is 16.8 Å². The van der Waals surface area contributed by atoms with Crippen molar-refractivity contribution in [2.75, 3.05) is 11.5 Å². The molecule has 1 amide bonds. The SMILES string of the molecule is CCOc1c(Br)cc(C=C2SC(=S)N(c3cccc(C(F)(F)F)c3)C2=O)cc1Br. The van der Waals surface area contributed by atoms with Crippen LogP contribution in [0.15, 0.2) is 50.2 Å². The van der Waals surface area contributed by atoms with Gasteiger partial charge in [0.25, 0.3) is 5.91 Å². The lowest BCUT2D eigenvalue weighted by Gasteiger charge is -2.16. The number of thioether (sulfide) groups is 1. The fraction of sp³-hybridized carbons (Fsp3) is 0.158. The van der Waals surface area contributed by atoms with Crippen molar-refractivity contribution >= 4 is 77.8 Å². The molecule has 1 saturated heterocycles. The fourth-order valence-corrected chi connectivity index (χ4v) is 5.36. The van der Waals surface area contributed by atoms with Crippen LogP contribution in [-0.2, 0) is 11.0 Å². The molecule has 1 aliphatic heterocycles. The highest BCUT2D eigenvalue weighted by molar-refractivity contribution is 9.11. The predicted octanol–water partition coefficient (Wildman–Crippen LogP) is 7.03. The molecule has 0 atom stereocenters. The maximum absolute atomic E-state index is 13.0. The Morgan fingerprint density at radius 2 is 1.86 bits per heavy atom. The summed E-state index contributed by atoms with van der Waals surface area (Å²) in [5.74, 6) is 0.168. The van der Waals surface area contributed by atoms with Crippen LogP contribution in [0.1, 0.15) is 18.1 Å². The van der Waals surface area contributed by atoms with Crippen LogP contribution in [0.5, 0.6) is 5.75 Å². The van der Waals surface area contributed by atoms with Crippen molar-refractivity contribution < 1.29 is 22.7 Å². The van der Waals surface area contributed by atoms with Gasteiger partial charge in [-0.1, -0.05) is 30.0 Å². The minimum Gasteiger partial charge on any atom is -0.492 e. The van der Waals surface area contributed by atoms with Gasteiger partial charge >= 0.3 is 6.18 Å². The monoisotopic (exact) mass is 565 g/mol. The summed E-state index contributed by atoms with van der Waals surface area (Å²) in [4.78, 5) is 14.3. The minimum atomic E-state index is -4.51. The third kappa shape index (κ3) is 4.87. The molecule has 10 heteroatoms. The van der Waals surface area contributed by atoms with Gasteiger partial charge in [-0.15, -0.1) is 0 Å². The molecule has 152 valence electrons. The Bertz CT molecular complexity index is 1000. The molecule has 0 spiro atoms. The van der Waals surface area contributed by atoms with Crippen molar-refractivity contribution in [1.29, 1.82) is 0 Å². The zero-order valence-corrected chi connectivity index (χ0v) is 19.5. The first kappa shape index (κ1) is 22.3. The Balaban J connectivity index is 1.94. The van der Waals surface area contributed by atoms with Gasteiger partial charge in [-0.25, -0.2) is 0 Å². The molecule has 0 bridgehead atoms. The zero-order chi connectivity index (χ0) is 21.3. The van der Waals surface area contributed by atoms with Gasteiger partial charge < -0.3 is 4.74 Å². The Hall–Kier alpha value is -1.36. The van der Waals surface area contributed by atoms with Crippen molar-refractivity contribution in [2.45, 2.75) is 13.1 Å². The second-order valence-corrected chi connectivity index (χ2v) is 9.20. The molecule has 2 aromatic carbocycles. The van der Waals surface area contributed by atoms with Gasteiger partial charge in [0, 0.05) is 0 Å². The Morgan fingerprint density at radius 3 is 2.45 bits per heavy atom. The highest BCUT2D eigenvalue weighted by Crippen LogP contribution is 2.40. The van der Waals surface area contributed by atoms with Crippen molar-refractivity contribution in [2.24, 2.45) is 0 Å². The third-order valence-electron chi connectivity index (χ3n) is 3.83. The van der Waals surface area contributed by atoms with Crippen LogP contribution >= 0.6 is 55.8 Å². The molecule has 3 nitrogen and oxygen atoms in total. The highest BCUT2D eigenvalue weighted by Gasteiger charge is 2.36. The van der Waals surface area contributed by atoms with E-state index in [2.05, 4.69) is 31.9 Å². The molecule has 1 aliphatic rings. The number of hydrogen-bond donors (Lipinski definition) is 0. The molecular weight excluding hydrogens is 555 g/mol. The summed E-state index contributed by atoms with van der Waals surface area (Å²) in [5.41, 5.74) is -0.0519. The highest BCUT2D eigenvalue weighted by atomic mass is 79.9. The van der Waals surface area contributed by atoms with Gasteiger partial charge in [0.15, 0.2) is 4.32 Å². The number of thiocarbonyl (C=S) groups is 1. The molecule has 1 heterocycles. The van der Waals surface area contributed by atoms with Crippen molar-refractivity contribution in [3.05, 3.63) is 61.4 Å². The van der Waals surface area contributed by atoms with Crippen LogP contribution in [0.4, 0.5) is 18.9 Å². The van der Waals surface area contributed by atoms with E-state index in [-0.39, 0.29) is 10.0 Å². The number of carbonyl (C=O) groups is 1. The van der Waals surface area contributed by atoms with Gasteiger partial charge in [-0.05, 0) is 80.8 Å². The molecule has 3 rings (SSSR count). The van der Waals surface area contributed by atoms with Gasteiger partial charge in [0.1, 0.15) is 5.75 Å². The maximum Gasteiger partial charge on any atom is 0.416 e. The summed E-state index contributed by atoms with van der Waals surface area (Å²) in [6, 6.07) is 8.11. The summed E-state index contributed by atoms with van der Waals surface area (Å²) < 4.78 is 46.1. The number of ether oxygens (including phenoxy) is 1. The number of amides is 1. The largest absolute Gasteiger partial charge is 0.492 e. The quantitative estimate of drug-likeness (QED) is 0.293. The first-order valence-electron chi connectivity index (χ1n) is 8.19. The lowest BCUT2D eigenvalue weighted by molar-refractivity contribution is -0.137. The van der Waals surface area contributed by atoms with E-state index in [0.717, 1.165) is 28.8 Å². The Morgan fingerprint density at radius 1 is 1.21 bits per heavy atom. The molecular formula is C19H12Br2F3NO2S2. The van der Waals surface area contributed by atoms with E-state index in [1.807, 2.05) is 6.92 Å². The van der Waals surface area contributed by atoms with Crippen LogP contribution < -0.4 is 9.64 Å². The van der Waals surface area contributed by atoms with Gasteiger partial charge in [0.05, 0.1) is 31.7 Å². The predicted molar refractivity (Wildman–Crippen MR) is 120 cm³/mol. The molecule has 1 fully saturated rings. The minimum absolute atomic E-state index is 0.0831. The van der Waals surface area contributed by atoms with Crippen LogP contribution in [0.3, 0.4) is 0 Å². The fourth-order valence-electron chi connectivity index (χ4n) is 2.61. The van der Waals surface area contributed by atoms with Crippen LogP contribution in [0.25, 0.3) is 6.08 Å². The summed E-state index contributed by atoms with van der Waals surface area (Å²) >= 11 is 13.1. The molecule has 0 saturated carbocycles. The van der Waals surface area contributed by atoms with E-state index in [9.17, 15) is 18.0 Å². The van der Waals surface area contributed by atoms with E-state index >= 15 is 0 Å². The number of halogens is 5. The van der Waals surface area contributed by atoms with E-state index in [4.69, 9.17) is 17.0 Å². The first-order valence-corrected chi connectivity index (χ1v) is 11.0. The summed E-state index contributed by atoms with van der Waals surface area (Å²) in [7, 11) is 0. The van der Waals surface area contributed by atoms with Crippen molar-refractivity contribution in [1.82, 2.24) is 0 Å². The van der Waals surface area contributed by atoms with Crippen LogP contribution in [0.2, 0.25) is 0 Å². The standard InChI is InChI=1S/C19H12Br2F3NO2S2/c1-2-27-16-13(20)6-10(7-14(16)21)8-15-17(26)25(18(28)29-15)12-5-3-4-11(9-12)19(22,23)24/h3-9H,2H2,1H3. The molecule has 0 N–H and O–H groups in total. The molecule has 0 radical (unpaired) electrons. The summed E-state index contributed by atoms with van der Waals surface area (Å²) in [6.45, 7) is 2.36. The number of benzene rings is 2. The normalized spacial score (nSPS) is 16.1. The number of rotatable bonds is 4. The maximum atomic E-state index is 13.0. The average molecular weight is 567 g/mol. The molecule has 0 aliphatic carbocycles.